The summed E-state index contributed by atoms with van der Waals surface area (Å²) in [6.45, 7) is 3.40. The van der Waals surface area contributed by atoms with Crippen molar-refractivity contribution in [1.82, 2.24) is 0 Å². The van der Waals surface area contributed by atoms with Gasteiger partial charge < -0.3 is 10.6 Å². The molecule has 1 aliphatic heterocycles. The molecule has 5 nitrogen and oxygen atoms in total. The van der Waals surface area contributed by atoms with Gasteiger partial charge in [-0.2, -0.15) is 0 Å². The number of nitrogens with zero attached hydrogens (tertiary/aromatic N) is 2. The fourth-order valence-electron chi connectivity index (χ4n) is 2.28. The van der Waals surface area contributed by atoms with Crippen molar-refractivity contribution < 1.29 is 4.92 Å². The zero-order valence-corrected chi connectivity index (χ0v) is 9.93. The van der Waals surface area contributed by atoms with Gasteiger partial charge in [-0.3, -0.25) is 10.1 Å². The summed E-state index contributed by atoms with van der Waals surface area (Å²) in [4.78, 5) is 12.7. The number of aryl methyl sites for hydroxylation is 1. The van der Waals surface area contributed by atoms with Crippen LogP contribution in [0.25, 0.3) is 0 Å². The Labute approximate surface area is 100 Å². The summed E-state index contributed by atoms with van der Waals surface area (Å²) in [5.74, 6) is 0. The van der Waals surface area contributed by atoms with E-state index >= 15 is 0 Å². The molecule has 0 spiro atoms. The summed E-state index contributed by atoms with van der Waals surface area (Å²) in [5.41, 5.74) is 7.68. The van der Waals surface area contributed by atoms with E-state index in [0.717, 1.165) is 24.9 Å². The Balaban J connectivity index is 2.33. The fraction of sp³-hybridized carbons (Fsp3) is 0.500. The Hall–Kier alpha value is -1.62. The van der Waals surface area contributed by atoms with Crippen molar-refractivity contribution in [3.63, 3.8) is 0 Å². The number of rotatable bonds is 2. The Morgan fingerprint density at radius 1 is 1.53 bits per heavy atom. The van der Waals surface area contributed by atoms with Crippen LogP contribution in [0.3, 0.4) is 0 Å². The first kappa shape index (κ1) is 11.9. The molecule has 0 amide bonds. The minimum absolute atomic E-state index is 0.115. The second-order valence-electron chi connectivity index (χ2n) is 4.60. The third-order valence-electron chi connectivity index (χ3n) is 3.13. The molecule has 0 radical (unpaired) electrons. The van der Waals surface area contributed by atoms with Gasteiger partial charge in [-0.05, 0) is 31.4 Å². The van der Waals surface area contributed by atoms with Crippen molar-refractivity contribution in [3.05, 3.63) is 33.9 Å². The van der Waals surface area contributed by atoms with Gasteiger partial charge in [-0.15, -0.1) is 0 Å². The molecule has 1 fully saturated rings. The van der Waals surface area contributed by atoms with Crippen LogP contribution in [-0.4, -0.2) is 24.1 Å². The predicted octanol–water partition coefficient (Wildman–Crippen LogP) is 1.83. The van der Waals surface area contributed by atoms with Crippen LogP contribution in [0.2, 0.25) is 0 Å². The van der Waals surface area contributed by atoms with Gasteiger partial charge in [-0.1, -0.05) is 6.07 Å². The van der Waals surface area contributed by atoms with Gasteiger partial charge in [0.15, 0.2) is 0 Å². The summed E-state index contributed by atoms with van der Waals surface area (Å²) in [5, 5.41) is 11.0. The van der Waals surface area contributed by atoms with Crippen LogP contribution in [0.15, 0.2) is 18.2 Å². The minimum Gasteiger partial charge on any atom is -0.364 e. The Morgan fingerprint density at radius 2 is 2.29 bits per heavy atom. The lowest BCUT2D eigenvalue weighted by molar-refractivity contribution is -0.384. The fourth-order valence-corrected chi connectivity index (χ4v) is 2.28. The molecule has 1 aliphatic rings. The minimum atomic E-state index is -0.317. The Morgan fingerprint density at radius 3 is 2.94 bits per heavy atom. The number of nitro benzene ring substituents is 1. The van der Waals surface area contributed by atoms with E-state index in [2.05, 4.69) is 0 Å². The van der Waals surface area contributed by atoms with Crippen LogP contribution < -0.4 is 10.6 Å². The highest BCUT2D eigenvalue weighted by Crippen LogP contribution is 2.30. The van der Waals surface area contributed by atoms with Crippen LogP contribution >= 0.6 is 0 Å². The maximum absolute atomic E-state index is 11.0. The summed E-state index contributed by atoms with van der Waals surface area (Å²) in [7, 11) is 0. The molecule has 17 heavy (non-hydrogen) atoms. The van der Waals surface area contributed by atoms with Crippen LogP contribution in [0.1, 0.15) is 18.4 Å². The second-order valence-corrected chi connectivity index (χ2v) is 4.60. The quantitative estimate of drug-likeness (QED) is 0.627. The number of hydrogen-bond donors (Lipinski definition) is 1. The van der Waals surface area contributed by atoms with E-state index in [0.29, 0.717) is 12.2 Å². The molecular formula is C12H17N3O2. The zero-order chi connectivity index (χ0) is 12.4. The lowest BCUT2D eigenvalue weighted by Gasteiger charge is -2.32. The molecule has 0 bridgehead atoms. The largest absolute Gasteiger partial charge is 0.364 e. The van der Waals surface area contributed by atoms with E-state index in [-0.39, 0.29) is 16.7 Å². The molecule has 1 aromatic carbocycles. The molecular weight excluding hydrogens is 218 g/mol. The SMILES string of the molecule is Cc1ccc(N2CCCC(N)C2)c([N+](=O)[O-])c1. The lowest BCUT2D eigenvalue weighted by atomic mass is 10.0. The Kier molecular flexibility index (Phi) is 3.28. The summed E-state index contributed by atoms with van der Waals surface area (Å²) < 4.78 is 0. The molecule has 1 unspecified atom stereocenters. The zero-order valence-electron chi connectivity index (χ0n) is 9.93. The topological polar surface area (TPSA) is 72.4 Å². The number of hydrogen-bond acceptors (Lipinski definition) is 4. The van der Waals surface area contributed by atoms with Crippen LogP contribution in [-0.2, 0) is 0 Å². The normalized spacial score (nSPS) is 20.4. The molecule has 2 N–H and O–H groups in total. The second kappa shape index (κ2) is 4.71. The number of benzene rings is 1. The summed E-state index contributed by atoms with van der Waals surface area (Å²) in [6.07, 6.45) is 1.99. The standard InChI is InChI=1S/C12H17N3O2/c1-9-4-5-11(12(7-9)15(16)17)14-6-2-3-10(13)8-14/h4-5,7,10H,2-3,6,8,13H2,1H3. The third-order valence-corrected chi connectivity index (χ3v) is 3.13. The smallest absolute Gasteiger partial charge is 0.292 e. The van der Waals surface area contributed by atoms with Gasteiger partial charge in [0.2, 0.25) is 0 Å². The van der Waals surface area contributed by atoms with Gasteiger partial charge >= 0.3 is 0 Å². The van der Waals surface area contributed by atoms with Gasteiger partial charge in [0, 0.05) is 25.2 Å². The average Bonchev–Trinajstić information content (AvgIpc) is 2.28. The molecule has 92 valence electrons. The van der Waals surface area contributed by atoms with E-state index in [1.54, 1.807) is 6.07 Å². The molecule has 1 heterocycles. The number of nitrogens with two attached hydrogens (primary N) is 1. The van der Waals surface area contributed by atoms with Crippen molar-refractivity contribution in [2.45, 2.75) is 25.8 Å². The van der Waals surface area contributed by atoms with Gasteiger partial charge in [0.05, 0.1) is 4.92 Å². The first-order chi connectivity index (χ1) is 8.08. The number of piperidine rings is 1. The molecule has 5 heteroatoms. The summed E-state index contributed by atoms with van der Waals surface area (Å²) >= 11 is 0. The highest BCUT2D eigenvalue weighted by Gasteiger charge is 2.23. The van der Waals surface area contributed by atoms with Crippen molar-refractivity contribution >= 4 is 11.4 Å². The van der Waals surface area contributed by atoms with Crippen molar-refractivity contribution in [2.75, 3.05) is 18.0 Å². The first-order valence-corrected chi connectivity index (χ1v) is 5.83. The van der Waals surface area contributed by atoms with Crippen LogP contribution in [0, 0.1) is 17.0 Å². The molecule has 0 saturated carbocycles. The Bertz CT molecular complexity index is 434. The number of anilines is 1. The predicted molar refractivity (Wildman–Crippen MR) is 67.3 cm³/mol. The molecule has 1 aromatic rings. The van der Waals surface area contributed by atoms with Gasteiger partial charge in [0.25, 0.3) is 5.69 Å². The van der Waals surface area contributed by atoms with E-state index in [4.69, 9.17) is 5.73 Å². The average molecular weight is 235 g/mol. The van der Waals surface area contributed by atoms with Crippen LogP contribution in [0.4, 0.5) is 11.4 Å². The van der Waals surface area contributed by atoms with Crippen molar-refractivity contribution in [3.8, 4) is 0 Å². The van der Waals surface area contributed by atoms with Crippen molar-refractivity contribution in [1.29, 1.82) is 0 Å². The molecule has 0 aromatic heterocycles. The molecule has 1 atom stereocenters. The monoisotopic (exact) mass is 235 g/mol. The molecule has 1 saturated heterocycles. The summed E-state index contributed by atoms with van der Waals surface area (Å²) in [6, 6.07) is 5.47. The van der Waals surface area contributed by atoms with E-state index in [1.807, 2.05) is 24.0 Å². The van der Waals surface area contributed by atoms with Crippen LogP contribution in [0.5, 0.6) is 0 Å². The van der Waals surface area contributed by atoms with Crippen molar-refractivity contribution in [2.24, 2.45) is 5.73 Å². The number of nitro groups is 1. The lowest BCUT2D eigenvalue weighted by Crippen LogP contribution is -2.43. The highest BCUT2D eigenvalue weighted by molar-refractivity contribution is 5.64. The van der Waals surface area contributed by atoms with Gasteiger partial charge in [0.1, 0.15) is 5.69 Å². The molecule has 2 rings (SSSR count). The van der Waals surface area contributed by atoms with E-state index in [9.17, 15) is 10.1 Å². The van der Waals surface area contributed by atoms with E-state index in [1.165, 1.54) is 0 Å². The highest BCUT2D eigenvalue weighted by atomic mass is 16.6. The maximum Gasteiger partial charge on any atom is 0.292 e. The first-order valence-electron chi connectivity index (χ1n) is 5.83. The molecule has 0 aliphatic carbocycles. The third kappa shape index (κ3) is 2.55. The van der Waals surface area contributed by atoms with Gasteiger partial charge in [-0.25, -0.2) is 0 Å². The van der Waals surface area contributed by atoms with E-state index < -0.39 is 0 Å². The maximum atomic E-state index is 11.0.